The first-order valence-electron chi connectivity index (χ1n) is 12.0. The number of benzene rings is 2. The van der Waals surface area contributed by atoms with E-state index in [9.17, 15) is 9.18 Å². The van der Waals surface area contributed by atoms with Gasteiger partial charge in [-0.15, -0.1) is 0 Å². The van der Waals surface area contributed by atoms with Gasteiger partial charge in [0.25, 0.3) is 5.91 Å². The van der Waals surface area contributed by atoms with Crippen molar-refractivity contribution in [1.82, 2.24) is 20.1 Å². The minimum Gasteiger partial charge on any atom is -0.454 e. The topological polar surface area (TPSA) is 89.3 Å². The molecule has 0 spiro atoms. The quantitative estimate of drug-likeness (QED) is 0.459. The Morgan fingerprint density at radius 2 is 1.81 bits per heavy atom. The van der Waals surface area contributed by atoms with Crippen LogP contribution in [0.3, 0.4) is 0 Å². The molecule has 0 radical (unpaired) electrons. The van der Waals surface area contributed by atoms with Crippen molar-refractivity contribution in [3.05, 3.63) is 77.3 Å². The second-order valence-corrected chi connectivity index (χ2v) is 8.79. The van der Waals surface area contributed by atoms with Gasteiger partial charge in [0.1, 0.15) is 12.1 Å². The van der Waals surface area contributed by atoms with Crippen LogP contribution in [0.15, 0.2) is 53.1 Å². The van der Waals surface area contributed by atoms with Crippen molar-refractivity contribution in [2.75, 3.05) is 46.2 Å². The number of oxazole rings is 1. The van der Waals surface area contributed by atoms with Crippen LogP contribution < -0.4 is 14.8 Å². The normalized spacial score (nSPS) is 15.4. The van der Waals surface area contributed by atoms with Gasteiger partial charge in [0.2, 0.25) is 12.7 Å². The molecule has 2 aliphatic rings. The maximum atomic E-state index is 13.1. The zero-order valence-electron chi connectivity index (χ0n) is 20.0. The predicted molar refractivity (Wildman–Crippen MR) is 128 cm³/mol. The second kappa shape index (κ2) is 11.5. The van der Waals surface area contributed by atoms with Crippen molar-refractivity contribution in [2.24, 2.45) is 0 Å². The molecule has 0 atom stereocenters. The zero-order valence-corrected chi connectivity index (χ0v) is 20.0. The molecule has 9 nitrogen and oxygen atoms in total. The van der Waals surface area contributed by atoms with Gasteiger partial charge in [0.15, 0.2) is 17.2 Å². The lowest BCUT2D eigenvalue weighted by Crippen LogP contribution is -2.41. The molecule has 2 aromatic carbocycles. The van der Waals surface area contributed by atoms with Crippen LogP contribution in [-0.4, -0.2) is 66.9 Å². The van der Waals surface area contributed by atoms with Crippen LogP contribution >= 0.6 is 0 Å². The third kappa shape index (κ3) is 6.39. The van der Waals surface area contributed by atoms with Crippen LogP contribution in [0, 0.1) is 5.82 Å². The summed E-state index contributed by atoms with van der Waals surface area (Å²) in [6, 6.07) is 11.9. The van der Waals surface area contributed by atoms with Crippen molar-refractivity contribution in [2.45, 2.75) is 19.6 Å². The summed E-state index contributed by atoms with van der Waals surface area (Å²) >= 11 is 0. The highest BCUT2D eigenvalue weighted by molar-refractivity contribution is 5.91. The smallest absolute Gasteiger partial charge is 0.273 e. The molecular weight excluding hydrogens is 467 g/mol. The molecule has 0 saturated carbocycles. The number of ether oxygens (including phenoxy) is 3. The van der Waals surface area contributed by atoms with Crippen molar-refractivity contribution in [3.8, 4) is 11.5 Å². The Bertz CT molecular complexity index is 1160. The number of hydrogen-bond donors (Lipinski definition) is 1. The van der Waals surface area contributed by atoms with Crippen LogP contribution in [0.2, 0.25) is 0 Å². The number of morpholine rings is 1. The van der Waals surface area contributed by atoms with E-state index in [0.29, 0.717) is 19.0 Å². The highest BCUT2D eigenvalue weighted by Gasteiger charge is 2.19. The lowest BCUT2D eigenvalue weighted by Gasteiger charge is -2.29. The first-order valence-corrected chi connectivity index (χ1v) is 12.0. The summed E-state index contributed by atoms with van der Waals surface area (Å²) < 4.78 is 35.1. The molecule has 3 heterocycles. The van der Waals surface area contributed by atoms with E-state index in [1.54, 1.807) is 12.1 Å². The largest absolute Gasteiger partial charge is 0.454 e. The van der Waals surface area contributed by atoms with E-state index < -0.39 is 0 Å². The highest BCUT2D eigenvalue weighted by Crippen LogP contribution is 2.33. The number of amides is 1. The van der Waals surface area contributed by atoms with Gasteiger partial charge in [-0.1, -0.05) is 18.2 Å². The summed E-state index contributed by atoms with van der Waals surface area (Å²) in [6.45, 7) is 6.63. The molecule has 2 aliphatic heterocycles. The predicted octanol–water partition coefficient (Wildman–Crippen LogP) is 2.81. The van der Waals surface area contributed by atoms with Gasteiger partial charge in [-0.25, -0.2) is 9.37 Å². The van der Waals surface area contributed by atoms with Gasteiger partial charge in [-0.2, -0.15) is 0 Å². The number of aromatic nitrogens is 1. The van der Waals surface area contributed by atoms with E-state index in [0.717, 1.165) is 62.0 Å². The van der Waals surface area contributed by atoms with Crippen LogP contribution in [-0.2, 0) is 24.4 Å². The molecule has 36 heavy (non-hydrogen) atoms. The molecule has 1 N–H and O–H groups in total. The molecule has 0 bridgehead atoms. The number of carbonyl (C=O) groups excluding carboxylic acids is 1. The maximum absolute atomic E-state index is 13.1. The summed E-state index contributed by atoms with van der Waals surface area (Å²) in [4.78, 5) is 21.6. The zero-order chi connectivity index (χ0) is 24.7. The van der Waals surface area contributed by atoms with E-state index in [-0.39, 0.29) is 30.8 Å². The number of nitrogens with one attached hydrogen (secondary N) is 1. The third-order valence-electron chi connectivity index (χ3n) is 6.19. The molecule has 1 aromatic heterocycles. The Balaban J connectivity index is 1.21. The monoisotopic (exact) mass is 496 g/mol. The van der Waals surface area contributed by atoms with E-state index in [1.165, 1.54) is 18.4 Å². The highest BCUT2D eigenvalue weighted by atomic mass is 19.1. The van der Waals surface area contributed by atoms with E-state index in [4.69, 9.17) is 18.6 Å². The van der Waals surface area contributed by atoms with Gasteiger partial charge in [-0.3, -0.25) is 14.6 Å². The van der Waals surface area contributed by atoms with Crippen LogP contribution in [0.25, 0.3) is 0 Å². The maximum Gasteiger partial charge on any atom is 0.273 e. The third-order valence-corrected chi connectivity index (χ3v) is 6.19. The van der Waals surface area contributed by atoms with Crippen molar-refractivity contribution in [1.29, 1.82) is 0 Å². The van der Waals surface area contributed by atoms with Crippen molar-refractivity contribution < 1.29 is 27.8 Å². The standard InChI is InChI=1S/C26H29FN4O5/c27-21-4-1-19(2-5-21)14-28-26(32)22-17-34-25(29-22)16-31(8-7-30-9-11-33-12-10-30)15-20-3-6-23-24(13-20)36-18-35-23/h1-6,13,17H,7-12,14-16,18H2,(H,28,32). The average Bonchev–Trinajstić information content (AvgIpc) is 3.57. The minimum atomic E-state index is -0.343. The van der Waals surface area contributed by atoms with Crippen molar-refractivity contribution in [3.63, 3.8) is 0 Å². The molecule has 1 fully saturated rings. The molecule has 190 valence electrons. The molecule has 1 saturated heterocycles. The van der Waals surface area contributed by atoms with Crippen molar-refractivity contribution >= 4 is 5.91 Å². The number of carbonyl (C=O) groups is 1. The van der Waals surface area contributed by atoms with E-state index in [1.807, 2.05) is 18.2 Å². The Labute approximate surface area is 208 Å². The summed E-state index contributed by atoms with van der Waals surface area (Å²) in [5.41, 5.74) is 2.10. The SMILES string of the molecule is O=C(NCc1ccc(F)cc1)c1coc(CN(CCN2CCOCC2)Cc2ccc3c(c2)OCO3)n1. The first-order chi connectivity index (χ1) is 17.6. The molecule has 5 rings (SSSR count). The molecule has 0 unspecified atom stereocenters. The van der Waals surface area contributed by atoms with Crippen LogP contribution in [0.5, 0.6) is 11.5 Å². The second-order valence-electron chi connectivity index (χ2n) is 8.79. The van der Waals surface area contributed by atoms with Gasteiger partial charge >= 0.3 is 0 Å². The van der Waals surface area contributed by atoms with Gasteiger partial charge in [-0.05, 0) is 35.4 Å². The van der Waals surface area contributed by atoms with Crippen LogP contribution in [0.1, 0.15) is 27.5 Å². The molecule has 0 aliphatic carbocycles. The fourth-order valence-corrected chi connectivity index (χ4v) is 4.17. The Kier molecular flexibility index (Phi) is 7.75. The number of fused-ring (bicyclic) bond motifs is 1. The molecule has 1 amide bonds. The number of rotatable bonds is 10. The lowest BCUT2D eigenvalue weighted by atomic mass is 10.2. The van der Waals surface area contributed by atoms with Gasteiger partial charge in [0, 0.05) is 39.3 Å². The lowest BCUT2D eigenvalue weighted by molar-refractivity contribution is 0.0320. The average molecular weight is 497 g/mol. The Hall–Kier alpha value is -3.47. The first kappa shape index (κ1) is 24.2. The summed E-state index contributed by atoms with van der Waals surface area (Å²) in [5.74, 6) is 1.30. The molecular formula is C26H29FN4O5. The van der Waals surface area contributed by atoms with Gasteiger partial charge < -0.3 is 23.9 Å². The van der Waals surface area contributed by atoms with Crippen LogP contribution in [0.4, 0.5) is 4.39 Å². The fourth-order valence-electron chi connectivity index (χ4n) is 4.17. The molecule has 10 heteroatoms. The number of nitrogens with zero attached hydrogens (tertiary/aromatic N) is 3. The van der Waals surface area contributed by atoms with E-state index in [2.05, 4.69) is 20.1 Å². The van der Waals surface area contributed by atoms with E-state index >= 15 is 0 Å². The Morgan fingerprint density at radius 3 is 2.64 bits per heavy atom. The summed E-state index contributed by atoms with van der Waals surface area (Å²) in [5, 5.41) is 2.79. The fraction of sp³-hybridized carbons (Fsp3) is 0.385. The Morgan fingerprint density at radius 1 is 1.03 bits per heavy atom. The number of halogens is 1. The number of hydrogen-bond acceptors (Lipinski definition) is 8. The summed E-state index contributed by atoms with van der Waals surface area (Å²) in [6.07, 6.45) is 1.37. The summed E-state index contributed by atoms with van der Waals surface area (Å²) in [7, 11) is 0. The molecule has 3 aromatic rings. The van der Waals surface area contributed by atoms with Gasteiger partial charge in [0.05, 0.1) is 19.8 Å². The minimum absolute atomic E-state index is 0.211.